The molecule has 3 aromatic rings. The van der Waals surface area contributed by atoms with Crippen LogP contribution in [0, 0.1) is 5.82 Å². The van der Waals surface area contributed by atoms with E-state index in [9.17, 15) is 22.4 Å². The number of unbranched alkanes of at least 4 members (excludes halogenated alkanes) is 1. The number of aromatic nitrogens is 2. The van der Waals surface area contributed by atoms with E-state index in [4.69, 9.17) is 4.74 Å². The number of carbonyl (C=O) groups is 1. The predicted molar refractivity (Wildman–Crippen MR) is 129 cm³/mol. The quantitative estimate of drug-likeness (QED) is 0.424. The van der Waals surface area contributed by atoms with Gasteiger partial charge < -0.3 is 9.64 Å². The van der Waals surface area contributed by atoms with Crippen molar-refractivity contribution in [2.75, 3.05) is 32.6 Å². The highest BCUT2D eigenvalue weighted by Gasteiger charge is 2.21. The molecule has 0 fully saturated rings. The number of hydrogen-bond donors (Lipinski definition) is 1. The fourth-order valence-corrected chi connectivity index (χ4v) is 4.43. The van der Waals surface area contributed by atoms with Gasteiger partial charge in [-0.2, -0.15) is 5.10 Å². The van der Waals surface area contributed by atoms with E-state index >= 15 is 0 Å². The number of hydrogen-bond acceptors (Lipinski definition) is 7. The fourth-order valence-electron chi connectivity index (χ4n) is 3.21. The van der Waals surface area contributed by atoms with Gasteiger partial charge in [0, 0.05) is 11.8 Å². The molecule has 1 heterocycles. The van der Waals surface area contributed by atoms with E-state index in [-0.39, 0.29) is 16.5 Å². The largest absolute Gasteiger partial charge is 0.449 e. The molecule has 1 N–H and O–H groups in total. The third-order valence-corrected chi connectivity index (χ3v) is 6.61. The van der Waals surface area contributed by atoms with E-state index in [1.807, 2.05) is 14.1 Å². The number of nitrogens with one attached hydrogen (secondary N) is 1. The lowest BCUT2D eigenvalue weighted by atomic mass is 10.2. The molecule has 3 rings (SSSR count). The molecule has 0 radical (unpaired) electrons. The van der Waals surface area contributed by atoms with E-state index in [1.165, 1.54) is 12.1 Å². The third kappa shape index (κ3) is 7.46. The monoisotopic (exact) mass is 502 g/mol. The maximum Gasteiger partial charge on any atom is 0.411 e. The van der Waals surface area contributed by atoms with Gasteiger partial charge in [-0.05, 0) is 75.4 Å². The van der Waals surface area contributed by atoms with Gasteiger partial charge in [0.05, 0.1) is 18.0 Å². The van der Waals surface area contributed by atoms with E-state index in [0.717, 1.165) is 48.3 Å². The van der Waals surface area contributed by atoms with Crippen molar-refractivity contribution in [3.05, 3.63) is 82.4 Å². The number of anilines is 1. The summed E-state index contributed by atoms with van der Waals surface area (Å²) in [7, 11) is -0.170. The minimum atomic E-state index is -4.12. The highest BCUT2D eigenvalue weighted by molar-refractivity contribution is 7.91. The molecule has 0 bridgehead atoms. The average molecular weight is 503 g/mol. The van der Waals surface area contributed by atoms with Crippen molar-refractivity contribution in [2.24, 2.45) is 0 Å². The number of sulfone groups is 1. The number of nitrogens with zero attached hydrogens (tertiary/aromatic N) is 3. The summed E-state index contributed by atoms with van der Waals surface area (Å²) in [5.74, 6) is -0.698. The molecule has 0 aliphatic carbocycles. The summed E-state index contributed by atoms with van der Waals surface area (Å²) in [6.45, 7) is 1.16. The third-order valence-electron chi connectivity index (χ3n) is 4.96. The van der Waals surface area contributed by atoms with Gasteiger partial charge in [0.15, 0.2) is 5.03 Å². The first kappa shape index (κ1) is 26.0. The normalized spacial score (nSPS) is 11.4. The predicted octanol–water partition coefficient (Wildman–Crippen LogP) is 3.15. The molecule has 11 heteroatoms. The summed E-state index contributed by atoms with van der Waals surface area (Å²) in [6, 6.07) is 13.4. The minimum Gasteiger partial charge on any atom is -0.449 e. The molecule has 2 aromatic carbocycles. The second-order valence-corrected chi connectivity index (χ2v) is 10.00. The molecule has 35 heavy (non-hydrogen) atoms. The molecule has 0 unspecified atom stereocenters. The second kappa shape index (κ2) is 11.7. The lowest BCUT2D eigenvalue weighted by Gasteiger charge is -2.11. The van der Waals surface area contributed by atoms with Crippen LogP contribution in [0.4, 0.5) is 14.9 Å². The summed E-state index contributed by atoms with van der Waals surface area (Å²) < 4.78 is 45.4. The standard InChI is InChI=1S/C24H27FN4O5S/c1-28(2)13-3-4-14-34-24(31)26-20-9-5-7-18(15-20)17-29-23(30)12-11-22(27-29)35(32,33)21-10-6-8-19(25)16-21/h5-12,15-16H,3-4,13-14,17H2,1-2H3,(H,26,31). The summed E-state index contributed by atoms with van der Waals surface area (Å²) in [6.07, 6.45) is 1.06. The zero-order valence-corrected chi connectivity index (χ0v) is 20.3. The Hall–Kier alpha value is -3.57. The lowest BCUT2D eigenvalue weighted by molar-refractivity contribution is 0.158. The lowest BCUT2D eigenvalue weighted by Crippen LogP contribution is -2.25. The molecule has 0 atom stereocenters. The van der Waals surface area contributed by atoms with Crippen LogP contribution in [0.5, 0.6) is 0 Å². The van der Waals surface area contributed by atoms with Crippen LogP contribution in [0.15, 0.2) is 75.4 Å². The molecule has 1 amide bonds. The molecular weight excluding hydrogens is 475 g/mol. The van der Waals surface area contributed by atoms with Crippen LogP contribution in [0.3, 0.4) is 0 Å². The van der Waals surface area contributed by atoms with Crippen molar-refractivity contribution in [1.82, 2.24) is 14.7 Å². The molecule has 0 saturated carbocycles. The van der Waals surface area contributed by atoms with E-state index in [2.05, 4.69) is 15.3 Å². The van der Waals surface area contributed by atoms with Gasteiger partial charge in [0.1, 0.15) is 5.82 Å². The Bertz CT molecular complexity index is 1340. The first-order valence-electron chi connectivity index (χ1n) is 10.9. The first-order valence-corrected chi connectivity index (χ1v) is 12.4. The summed E-state index contributed by atoms with van der Waals surface area (Å²) in [4.78, 5) is 26.2. The van der Waals surface area contributed by atoms with Crippen molar-refractivity contribution in [3.8, 4) is 0 Å². The van der Waals surface area contributed by atoms with Crippen molar-refractivity contribution in [1.29, 1.82) is 0 Å². The molecule has 0 saturated heterocycles. The minimum absolute atomic E-state index is 0.0412. The number of amides is 1. The Balaban J connectivity index is 1.69. The Morgan fingerprint density at radius 2 is 1.86 bits per heavy atom. The second-order valence-electron chi connectivity index (χ2n) is 8.10. The van der Waals surface area contributed by atoms with Crippen molar-refractivity contribution >= 4 is 21.6 Å². The van der Waals surface area contributed by atoms with Gasteiger partial charge in [-0.3, -0.25) is 10.1 Å². The summed E-state index contributed by atoms with van der Waals surface area (Å²) >= 11 is 0. The van der Waals surface area contributed by atoms with Crippen molar-refractivity contribution < 1.29 is 22.3 Å². The number of carbonyl (C=O) groups excluding carboxylic acids is 1. The van der Waals surface area contributed by atoms with Crippen LogP contribution >= 0.6 is 0 Å². The van der Waals surface area contributed by atoms with Gasteiger partial charge in [-0.15, -0.1) is 0 Å². The average Bonchev–Trinajstić information content (AvgIpc) is 2.80. The Labute approximate surface area is 203 Å². The summed E-state index contributed by atoms with van der Waals surface area (Å²) in [5, 5.41) is 6.24. The zero-order valence-electron chi connectivity index (χ0n) is 19.5. The van der Waals surface area contributed by atoms with Gasteiger partial charge in [0.25, 0.3) is 5.56 Å². The molecule has 186 valence electrons. The highest BCUT2D eigenvalue weighted by Crippen LogP contribution is 2.19. The zero-order chi connectivity index (χ0) is 25.4. The smallest absolute Gasteiger partial charge is 0.411 e. The molecule has 0 spiro atoms. The molecule has 1 aromatic heterocycles. The van der Waals surface area contributed by atoms with Crippen LogP contribution in [0.1, 0.15) is 18.4 Å². The fraction of sp³-hybridized carbons (Fsp3) is 0.292. The molecule has 9 nitrogen and oxygen atoms in total. The number of ether oxygens (including phenoxy) is 1. The first-order chi connectivity index (χ1) is 16.6. The Morgan fingerprint density at radius 3 is 2.60 bits per heavy atom. The van der Waals surface area contributed by atoms with Gasteiger partial charge in [-0.1, -0.05) is 18.2 Å². The van der Waals surface area contributed by atoms with Gasteiger partial charge in [-0.25, -0.2) is 22.3 Å². The maximum absolute atomic E-state index is 13.5. The Morgan fingerprint density at radius 1 is 1.09 bits per heavy atom. The summed E-state index contributed by atoms with van der Waals surface area (Å²) in [5.41, 5.74) is 0.541. The Kier molecular flexibility index (Phi) is 8.72. The van der Waals surface area contributed by atoms with Crippen LogP contribution in [0.2, 0.25) is 0 Å². The van der Waals surface area contributed by atoms with Gasteiger partial charge in [0.2, 0.25) is 9.84 Å². The molecule has 0 aliphatic heterocycles. The van der Waals surface area contributed by atoms with Crippen LogP contribution in [-0.2, 0) is 21.1 Å². The maximum atomic E-state index is 13.5. The van der Waals surface area contributed by atoms with Gasteiger partial charge >= 0.3 is 6.09 Å². The van der Waals surface area contributed by atoms with Crippen LogP contribution in [-0.4, -0.2) is 56.4 Å². The number of benzene rings is 2. The van der Waals surface area contributed by atoms with E-state index in [0.29, 0.717) is 17.9 Å². The van der Waals surface area contributed by atoms with E-state index < -0.39 is 27.3 Å². The van der Waals surface area contributed by atoms with Crippen LogP contribution < -0.4 is 10.9 Å². The van der Waals surface area contributed by atoms with Crippen LogP contribution in [0.25, 0.3) is 0 Å². The number of halogens is 1. The van der Waals surface area contributed by atoms with Crippen molar-refractivity contribution in [2.45, 2.75) is 29.3 Å². The number of rotatable bonds is 10. The molecular formula is C24H27FN4O5S. The van der Waals surface area contributed by atoms with Crippen molar-refractivity contribution in [3.63, 3.8) is 0 Å². The van der Waals surface area contributed by atoms with E-state index in [1.54, 1.807) is 24.3 Å². The highest BCUT2D eigenvalue weighted by atomic mass is 32.2. The SMILES string of the molecule is CN(C)CCCCOC(=O)Nc1cccc(Cn2nc(S(=O)(=O)c3cccc(F)c3)ccc2=O)c1. The topological polar surface area (TPSA) is 111 Å². The molecule has 0 aliphatic rings.